The molecule has 0 aromatic carbocycles. The van der Waals surface area contributed by atoms with Gasteiger partial charge in [0.15, 0.2) is 6.61 Å². The Hall–Kier alpha value is -0.980. The Morgan fingerprint density at radius 2 is 2.00 bits per heavy atom. The fourth-order valence-electron chi connectivity index (χ4n) is 0.309. The summed E-state index contributed by atoms with van der Waals surface area (Å²) in [7, 11) is 2.27. The van der Waals surface area contributed by atoms with Crippen molar-refractivity contribution in [1.29, 1.82) is 0 Å². The molecule has 4 nitrogen and oxygen atoms in total. The van der Waals surface area contributed by atoms with Gasteiger partial charge < -0.3 is 4.74 Å². The van der Waals surface area contributed by atoms with E-state index in [1.807, 2.05) is 0 Å². The van der Waals surface area contributed by atoms with Gasteiger partial charge in [0.1, 0.15) is 0 Å². The normalized spacial score (nSPS) is 11.1. The van der Waals surface area contributed by atoms with E-state index in [2.05, 4.69) is 9.57 Å². The molecule has 0 aliphatic rings. The number of halogens is 3. The van der Waals surface area contributed by atoms with Crippen LogP contribution in [0.1, 0.15) is 0 Å². The third-order valence-corrected chi connectivity index (χ3v) is 0.890. The van der Waals surface area contributed by atoms with Crippen LogP contribution in [-0.2, 0) is 9.57 Å². The second kappa shape index (κ2) is 4.15. The maximum absolute atomic E-state index is 11.4. The van der Waals surface area contributed by atoms with Crippen LogP contribution in [0.5, 0.6) is 0 Å². The van der Waals surface area contributed by atoms with Crippen LogP contribution in [0.4, 0.5) is 18.0 Å². The predicted molar refractivity (Wildman–Crippen MR) is 32.2 cm³/mol. The summed E-state index contributed by atoms with van der Waals surface area (Å²) in [5, 5.41) is 0.547. The summed E-state index contributed by atoms with van der Waals surface area (Å²) in [6, 6.07) is 0. The van der Waals surface area contributed by atoms with Gasteiger partial charge in [0.05, 0.1) is 7.11 Å². The third kappa shape index (κ3) is 4.78. The molecule has 0 heterocycles. The molecule has 0 fully saturated rings. The standard InChI is InChI=1S/C5H8F3NO3/c1-9(11-2)4(10)12-3-5(6,7)8/h3H2,1-2H3. The van der Waals surface area contributed by atoms with Crippen LogP contribution in [0, 0.1) is 0 Å². The Morgan fingerprint density at radius 3 is 2.33 bits per heavy atom. The minimum Gasteiger partial charge on any atom is -0.438 e. The first-order valence-electron chi connectivity index (χ1n) is 2.88. The van der Waals surface area contributed by atoms with Gasteiger partial charge >= 0.3 is 12.3 Å². The van der Waals surface area contributed by atoms with Crippen molar-refractivity contribution in [3.8, 4) is 0 Å². The molecule has 1 amide bonds. The summed E-state index contributed by atoms with van der Waals surface area (Å²) in [5.74, 6) is 0. The number of hydrogen-bond acceptors (Lipinski definition) is 3. The zero-order valence-electron chi connectivity index (χ0n) is 6.51. The van der Waals surface area contributed by atoms with Gasteiger partial charge in [-0.1, -0.05) is 0 Å². The summed E-state index contributed by atoms with van der Waals surface area (Å²) in [4.78, 5) is 14.8. The fourth-order valence-corrected chi connectivity index (χ4v) is 0.309. The van der Waals surface area contributed by atoms with Gasteiger partial charge in [-0.05, 0) is 0 Å². The van der Waals surface area contributed by atoms with Crippen molar-refractivity contribution in [2.24, 2.45) is 0 Å². The van der Waals surface area contributed by atoms with Gasteiger partial charge in [0.25, 0.3) is 0 Å². The molecule has 0 aromatic rings. The van der Waals surface area contributed by atoms with E-state index in [0.29, 0.717) is 5.06 Å². The van der Waals surface area contributed by atoms with Crippen LogP contribution in [-0.4, -0.2) is 38.1 Å². The summed E-state index contributed by atoms with van der Waals surface area (Å²) in [5.41, 5.74) is 0. The van der Waals surface area contributed by atoms with Crippen LogP contribution >= 0.6 is 0 Å². The number of hydroxylamine groups is 2. The molecule has 0 aliphatic carbocycles. The van der Waals surface area contributed by atoms with Gasteiger partial charge in [-0.15, -0.1) is 0 Å². The van der Waals surface area contributed by atoms with E-state index in [-0.39, 0.29) is 0 Å². The number of alkyl halides is 3. The molecule has 7 heteroatoms. The van der Waals surface area contributed by atoms with Crippen molar-refractivity contribution < 1.29 is 27.5 Å². The minimum absolute atomic E-state index is 0.547. The molecule has 0 unspecified atom stereocenters. The Balaban J connectivity index is 3.72. The Morgan fingerprint density at radius 1 is 1.50 bits per heavy atom. The van der Waals surface area contributed by atoms with Crippen LogP contribution in [0.2, 0.25) is 0 Å². The molecule has 0 aliphatic heterocycles. The van der Waals surface area contributed by atoms with E-state index in [4.69, 9.17) is 0 Å². The molecule has 0 spiro atoms. The highest BCUT2D eigenvalue weighted by Gasteiger charge is 2.30. The molecule has 0 rings (SSSR count). The Labute approximate surface area is 66.8 Å². The zero-order valence-corrected chi connectivity index (χ0v) is 6.51. The lowest BCUT2D eigenvalue weighted by Gasteiger charge is -2.14. The molecule has 12 heavy (non-hydrogen) atoms. The Bertz CT molecular complexity index is 159. The van der Waals surface area contributed by atoms with Gasteiger partial charge in [0, 0.05) is 7.05 Å². The lowest BCUT2D eigenvalue weighted by molar-refractivity contribution is -0.172. The highest BCUT2D eigenvalue weighted by Crippen LogP contribution is 2.14. The molecule has 0 bridgehead atoms. The van der Waals surface area contributed by atoms with Gasteiger partial charge in [-0.25, -0.2) is 4.79 Å². The minimum atomic E-state index is -4.51. The van der Waals surface area contributed by atoms with Crippen molar-refractivity contribution in [1.82, 2.24) is 5.06 Å². The fraction of sp³-hybridized carbons (Fsp3) is 0.800. The summed E-state index contributed by atoms with van der Waals surface area (Å²) in [6.07, 6.45) is -5.70. The molecule has 0 N–H and O–H groups in total. The maximum atomic E-state index is 11.4. The number of carbonyl (C=O) groups is 1. The molecule has 0 atom stereocenters. The van der Waals surface area contributed by atoms with Crippen molar-refractivity contribution in [2.75, 3.05) is 20.8 Å². The Kier molecular flexibility index (Phi) is 3.81. The van der Waals surface area contributed by atoms with Gasteiger partial charge in [-0.3, -0.25) is 4.84 Å². The maximum Gasteiger partial charge on any atom is 0.433 e. The highest BCUT2D eigenvalue weighted by molar-refractivity contribution is 5.65. The van der Waals surface area contributed by atoms with Crippen LogP contribution in [0.3, 0.4) is 0 Å². The van der Waals surface area contributed by atoms with Crippen LogP contribution in [0.25, 0.3) is 0 Å². The second-order valence-electron chi connectivity index (χ2n) is 1.85. The number of ether oxygens (including phenoxy) is 1. The van der Waals surface area contributed by atoms with Gasteiger partial charge in [-0.2, -0.15) is 18.2 Å². The summed E-state index contributed by atoms with van der Waals surface area (Å²) < 4.78 is 38.1. The lowest BCUT2D eigenvalue weighted by Crippen LogP contribution is -2.30. The summed E-state index contributed by atoms with van der Waals surface area (Å²) in [6.45, 7) is -1.61. The topological polar surface area (TPSA) is 38.8 Å². The summed E-state index contributed by atoms with van der Waals surface area (Å²) >= 11 is 0. The van der Waals surface area contributed by atoms with Crippen molar-refractivity contribution >= 4 is 6.09 Å². The molecule has 0 saturated heterocycles. The first-order valence-corrected chi connectivity index (χ1v) is 2.88. The monoisotopic (exact) mass is 187 g/mol. The van der Waals surface area contributed by atoms with E-state index in [1.54, 1.807) is 0 Å². The van der Waals surface area contributed by atoms with E-state index >= 15 is 0 Å². The second-order valence-corrected chi connectivity index (χ2v) is 1.85. The van der Waals surface area contributed by atoms with Crippen LogP contribution < -0.4 is 0 Å². The van der Waals surface area contributed by atoms with Gasteiger partial charge in [0.2, 0.25) is 0 Å². The smallest absolute Gasteiger partial charge is 0.433 e. The first kappa shape index (κ1) is 11.0. The highest BCUT2D eigenvalue weighted by atomic mass is 19.4. The average Bonchev–Trinajstić information content (AvgIpc) is 1.97. The number of nitrogens with zero attached hydrogens (tertiary/aromatic N) is 1. The SMILES string of the molecule is CON(C)C(=O)OCC(F)(F)F. The van der Waals surface area contributed by atoms with E-state index in [9.17, 15) is 18.0 Å². The van der Waals surface area contributed by atoms with Crippen LogP contribution in [0.15, 0.2) is 0 Å². The molecule has 0 saturated carbocycles. The molecule has 0 aromatic heterocycles. The average molecular weight is 187 g/mol. The van der Waals surface area contributed by atoms with Crippen molar-refractivity contribution in [2.45, 2.75) is 6.18 Å². The number of carbonyl (C=O) groups excluding carboxylic acids is 1. The lowest BCUT2D eigenvalue weighted by atomic mass is 10.7. The van der Waals surface area contributed by atoms with Crippen molar-refractivity contribution in [3.05, 3.63) is 0 Å². The number of amides is 1. The van der Waals surface area contributed by atoms with E-state index < -0.39 is 18.9 Å². The number of rotatable bonds is 2. The third-order valence-electron chi connectivity index (χ3n) is 0.890. The zero-order chi connectivity index (χ0) is 9.78. The quantitative estimate of drug-likeness (QED) is 0.609. The number of hydrogen-bond donors (Lipinski definition) is 0. The largest absolute Gasteiger partial charge is 0.438 e. The molecular formula is C5H8F3NO3. The van der Waals surface area contributed by atoms with E-state index in [1.165, 1.54) is 0 Å². The molecule has 72 valence electrons. The van der Waals surface area contributed by atoms with E-state index in [0.717, 1.165) is 14.2 Å². The molecular weight excluding hydrogens is 179 g/mol. The first-order chi connectivity index (χ1) is 5.37. The van der Waals surface area contributed by atoms with Crippen molar-refractivity contribution in [3.63, 3.8) is 0 Å². The predicted octanol–water partition coefficient (Wildman–Crippen LogP) is 1.18. The molecule has 0 radical (unpaired) electrons.